The van der Waals surface area contributed by atoms with Crippen LogP contribution >= 0.6 is 0 Å². The molecule has 0 saturated carbocycles. The minimum Gasteiger partial charge on any atom is -0.367 e. The maximum Gasteiger partial charge on any atom is 0.253 e. The second-order valence-corrected chi connectivity index (χ2v) is 5.00. The highest BCUT2D eigenvalue weighted by Crippen LogP contribution is 2.17. The van der Waals surface area contributed by atoms with Gasteiger partial charge in [0.25, 0.3) is 5.91 Å². The van der Waals surface area contributed by atoms with Crippen LogP contribution in [0.5, 0.6) is 0 Å². The summed E-state index contributed by atoms with van der Waals surface area (Å²) in [5.74, 6) is 0.360. The zero-order valence-corrected chi connectivity index (χ0v) is 12.5. The molecule has 0 aliphatic heterocycles. The Morgan fingerprint density at radius 3 is 2.55 bits per heavy atom. The van der Waals surface area contributed by atoms with Gasteiger partial charge in [0.2, 0.25) is 0 Å². The monoisotopic (exact) mass is 278 g/mol. The molecule has 0 heterocycles. The second-order valence-electron chi connectivity index (χ2n) is 5.00. The molecule has 0 spiro atoms. The van der Waals surface area contributed by atoms with Gasteiger partial charge in [-0.3, -0.25) is 4.79 Å². The molecular weight excluding hydrogens is 252 g/mol. The molecule has 0 fully saturated rings. The third kappa shape index (κ3) is 5.31. The second kappa shape index (κ2) is 9.50. The zero-order valence-electron chi connectivity index (χ0n) is 12.5. The number of ether oxygens (including phenoxy) is 1. The number of hydrogen-bond acceptors (Lipinski definition) is 3. The average Bonchev–Trinajstić information content (AvgIpc) is 2.47. The van der Waals surface area contributed by atoms with Crippen LogP contribution in [0.2, 0.25) is 0 Å². The maximum atomic E-state index is 12.2. The van der Waals surface area contributed by atoms with Crippen molar-refractivity contribution in [3.05, 3.63) is 35.9 Å². The summed E-state index contributed by atoms with van der Waals surface area (Å²) < 4.78 is 5.31. The highest BCUT2D eigenvalue weighted by molar-refractivity contribution is 5.82. The van der Waals surface area contributed by atoms with E-state index in [1.54, 1.807) is 7.11 Å². The Morgan fingerprint density at radius 1 is 1.30 bits per heavy atom. The Hall–Kier alpha value is -1.39. The normalized spacial score (nSPS) is 13.8. The first-order chi connectivity index (χ1) is 9.72. The van der Waals surface area contributed by atoms with Gasteiger partial charge < -0.3 is 15.8 Å². The molecule has 1 aromatic carbocycles. The molecule has 0 saturated heterocycles. The lowest BCUT2D eigenvalue weighted by Crippen LogP contribution is -2.34. The van der Waals surface area contributed by atoms with Crippen LogP contribution in [0.1, 0.15) is 37.9 Å². The van der Waals surface area contributed by atoms with Crippen molar-refractivity contribution in [2.24, 2.45) is 11.7 Å². The van der Waals surface area contributed by atoms with Crippen LogP contribution < -0.4 is 11.1 Å². The summed E-state index contributed by atoms with van der Waals surface area (Å²) in [6, 6.07) is 9.53. The van der Waals surface area contributed by atoms with Gasteiger partial charge in [-0.2, -0.15) is 0 Å². The zero-order chi connectivity index (χ0) is 14.8. The lowest BCUT2D eigenvalue weighted by atomic mass is 9.99. The Labute approximate surface area is 121 Å². The molecule has 20 heavy (non-hydrogen) atoms. The summed E-state index contributed by atoms with van der Waals surface area (Å²) in [7, 11) is 1.56. The number of amides is 1. The SMILES string of the molecule is CCCC(CCN)CNC(=O)C(OC)c1ccccc1. The van der Waals surface area contributed by atoms with Crippen LogP contribution in [0.4, 0.5) is 0 Å². The van der Waals surface area contributed by atoms with Gasteiger partial charge in [-0.05, 0) is 30.9 Å². The number of nitrogens with two attached hydrogens (primary N) is 1. The quantitative estimate of drug-likeness (QED) is 0.728. The number of hydrogen-bond donors (Lipinski definition) is 2. The molecule has 1 aromatic rings. The highest BCUT2D eigenvalue weighted by Gasteiger charge is 2.20. The standard InChI is InChI=1S/C16H26N2O2/c1-3-7-13(10-11-17)12-18-16(19)15(20-2)14-8-5-4-6-9-14/h4-6,8-9,13,15H,3,7,10-12,17H2,1-2H3,(H,18,19). The molecule has 0 aliphatic carbocycles. The summed E-state index contributed by atoms with van der Waals surface area (Å²) in [5, 5.41) is 2.98. The van der Waals surface area contributed by atoms with Crippen LogP contribution in [-0.2, 0) is 9.53 Å². The van der Waals surface area contributed by atoms with Crippen molar-refractivity contribution >= 4 is 5.91 Å². The predicted molar refractivity (Wildman–Crippen MR) is 81.3 cm³/mol. The van der Waals surface area contributed by atoms with Gasteiger partial charge >= 0.3 is 0 Å². The molecule has 2 atom stereocenters. The molecule has 4 nitrogen and oxygen atoms in total. The van der Waals surface area contributed by atoms with Crippen LogP contribution in [0, 0.1) is 5.92 Å². The van der Waals surface area contributed by atoms with Crippen LogP contribution in [-0.4, -0.2) is 26.1 Å². The molecule has 0 bridgehead atoms. The maximum absolute atomic E-state index is 12.2. The molecule has 1 rings (SSSR count). The lowest BCUT2D eigenvalue weighted by molar-refractivity contribution is -0.131. The number of nitrogens with one attached hydrogen (secondary N) is 1. The Morgan fingerprint density at radius 2 is 2.00 bits per heavy atom. The number of benzene rings is 1. The van der Waals surface area contributed by atoms with Crippen LogP contribution in [0.15, 0.2) is 30.3 Å². The van der Waals surface area contributed by atoms with Crippen molar-refractivity contribution in [2.45, 2.75) is 32.3 Å². The van der Waals surface area contributed by atoms with Gasteiger partial charge in [-0.15, -0.1) is 0 Å². The summed E-state index contributed by atoms with van der Waals surface area (Å²) >= 11 is 0. The van der Waals surface area contributed by atoms with Crippen molar-refractivity contribution < 1.29 is 9.53 Å². The van der Waals surface area contributed by atoms with E-state index in [1.165, 1.54) is 0 Å². The molecule has 112 valence electrons. The van der Waals surface area contributed by atoms with E-state index in [2.05, 4.69) is 12.2 Å². The number of carbonyl (C=O) groups is 1. The van der Waals surface area contributed by atoms with Crippen LogP contribution in [0.3, 0.4) is 0 Å². The molecule has 1 amide bonds. The smallest absolute Gasteiger partial charge is 0.253 e. The molecule has 2 unspecified atom stereocenters. The van der Waals surface area contributed by atoms with E-state index < -0.39 is 6.10 Å². The molecular formula is C16H26N2O2. The van der Waals surface area contributed by atoms with Gasteiger partial charge in [0, 0.05) is 13.7 Å². The van der Waals surface area contributed by atoms with Crippen molar-refractivity contribution in [1.82, 2.24) is 5.32 Å². The number of carbonyl (C=O) groups excluding carboxylic acids is 1. The van der Waals surface area contributed by atoms with Gasteiger partial charge in [0.15, 0.2) is 6.10 Å². The Balaban J connectivity index is 2.55. The molecule has 4 heteroatoms. The van der Waals surface area contributed by atoms with Crippen molar-refractivity contribution in [3.63, 3.8) is 0 Å². The third-order valence-corrected chi connectivity index (χ3v) is 3.41. The van der Waals surface area contributed by atoms with Gasteiger partial charge in [-0.1, -0.05) is 43.7 Å². The van der Waals surface area contributed by atoms with E-state index in [1.807, 2.05) is 30.3 Å². The van der Waals surface area contributed by atoms with Gasteiger partial charge in [0.05, 0.1) is 0 Å². The highest BCUT2D eigenvalue weighted by atomic mass is 16.5. The Bertz CT molecular complexity index is 375. The number of methoxy groups -OCH3 is 1. The van der Waals surface area contributed by atoms with Crippen molar-refractivity contribution in [3.8, 4) is 0 Å². The summed E-state index contributed by atoms with van der Waals surface area (Å²) in [6.07, 6.45) is 2.58. The number of rotatable bonds is 9. The largest absolute Gasteiger partial charge is 0.367 e. The first kappa shape index (κ1) is 16.7. The van der Waals surface area contributed by atoms with Gasteiger partial charge in [-0.25, -0.2) is 0 Å². The summed E-state index contributed by atoms with van der Waals surface area (Å²) in [6.45, 7) is 3.47. The fourth-order valence-corrected chi connectivity index (χ4v) is 2.35. The van der Waals surface area contributed by atoms with E-state index in [0.717, 1.165) is 24.8 Å². The minimum atomic E-state index is -0.545. The minimum absolute atomic E-state index is 0.0863. The first-order valence-electron chi connectivity index (χ1n) is 7.28. The molecule has 0 aliphatic rings. The third-order valence-electron chi connectivity index (χ3n) is 3.41. The van der Waals surface area contributed by atoms with E-state index in [4.69, 9.17) is 10.5 Å². The molecule has 3 N–H and O–H groups in total. The van der Waals surface area contributed by atoms with E-state index in [0.29, 0.717) is 19.0 Å². The fraction of sp³-hybridized carbons (Fsp3) is 0.562. The summed E-state index contributed by atoms with van der Waals surface area (Å²) in [4.78, 5) is 12.2. The van der Waals surface area contributed by atoms with Crippen LogP contribution in [0.25, 0.3) is 0 Å². The predicted octanol–water partition coefficient (Wildman–Crippen LogP) is 2.26. The van der Waals surface area contributed by atoms with E-state index >= 15 is 0 Å². The molecule has 0 radical (unpaired) electrons. The van der Waals surface area contributed by atoms with E-state index in [9.17, 15) is 4.79 Å². The Kier molecular flexibility index (Phi) is 7.92. The average molecular weight is 278 g/mol. The van der Waals surface area contributed by atoms with E-state index in [-0.39, 0.29) is 5.91 Å². The molecule has 0 aromatic heterocycles. The van der Waals surface area contributed by atoms with Crippen molar-refractivity contribution in [2.75, 3.05) is 20.2 Å². The topological polar surface area (TPSA) is 64.3 Å². The first-order valence-corrected chi connectivity index (χ1v) is 7.28. The lowest BCUT2D eigenvalue weighted by Gasteiger charge is -2.19. The summed E-state index contributed by atoms with van der Waals surface area (Å²) in [5.41, 5.74) is 6.48. The fourth-order valence-electron chi connectivity index (χ4n) is 2.35. The van der Waals surface area contributed by atoms with Gasteiger partial charge in [0.1, 0.15) is 0 Å². The van der Waals surface area contributed by atoms with Crippen molar-refractivity contribution in [1.29, 1.82) is 0 Å².